The third kappa shape index (κ3) is 5.86. The highest BCUT2D eigenvalue weighted by Gasteiger charge is 2.21. The van der Waals surface area contributed by atoms with E-state index in [0.717, 1.165) is 48.0 Å². The Kier molecular flexibility index (Phi) is 7.14. The fourth-order valence-corrected chi connectivity index (χ4v) is 4.20. The molecule has 1 fully saturated rings. The molecule has 1 N–H and O–H groups in total. The first kappa shape index (κ1) is 20.5. The second-order valence-electron chi connectivity index (χ2n) is 7.31. The number of nitrogens with one attached hydrogen (secondary N) is 1. The third-order valence-corrected chi connectivity index (χ3v) is 5.98. The molecule has 1 aromatic carbocycles. The summed E-state index contributed by atoms with van der Waals surface area (Å²) in [6.45, 7) is 3.82. The van der Waals surface area contributed by atoms with E-state index in [0.29, 0.717) is 11.3 Å². The molecule has 1 aromatic heterocycles. The van der Waals surface area contributed by atoms with E-state index in [4.69, 9.17) is 9.26 Å². The Morgan fingerprint density at radius 1 is 1.25 bits per heavy atom. The Bertz CT molecular complexity index is 812. The highest BCUT2D eigenvalue weighted by molar-refractivity contribution is 7.98. The largest absolute Gasteiger partial charge is 0.452 e. The first-order valence-corrected chi connectivity index (χ1v) is 10.6. The van der Waals surface area contributed by atoms with Crippen LogP contribution in [0.3, 0.4) is 0 Å². The van der Waals surface area contributed by atoms with Crippen LogP contribution in [0.1, 0.15) is 54.4 Å². The number of esters is 1. The SMILES string of the molecule is Cc1cc(CSc2ccccc2C(=O)OCC(=O)NC2CCC(C)CC2)no1. The summed E-state index contributed by atoms with van der Waals surface area (Å²) in [5.41, 5.74) is 1.26. The van der Waals surface area contributed by atoms with Crippen LogP contribution in [0.2, 0.25) is 0 Å². The zero-order valence-corrected chi connectivity index (χ0v) is 17.1. The molecule has 0 unspecified atom stereocenters. The molecule has 7 heteroatoms. The number of benzene rings is 1. The van der Waals surface area contributed by atoms with Crippen molar-refractivity contribution in [1.29, 1.82) is 0 Å². The minimum absolute atomic E-state index is 0.191. The molecule has 6 nitrogen and oxygen atoms in total. The molecule has 28 heavy (non-hydrogen) atoms. The van der Waals surface area contributed by atoms with Crippen LogP contribution in [0.25, 0.3) is 0 Å². The van der Waals surface area contributed by atoms with Gasteiger partial charge < -0.3 is 14.6 Å². The number of carbonyl (C=O) groups is 2. The van der Waals surface area contributed by atoms with Crippen molar-refractivity contribution in [3.8, 4) is 0 Å². The van der Waals surface area contributed by atoms with Crippen LogP contribution in [-0.4, -0.2) is 29.7 Å². The standard InChI is InChI=1S/C21H26N2O4S/c1-14-7-9-16(10-8-14)22-20(24)12-26-21(25)18-5-3-4-6-19(18)28-13-17-11-15(2)27-23-17/h3-6,11,14,16H,7-10,12-13H2,1-2H3,(H,22,24). The Balaban J connectivity index is 1.50. The van der Waals surface area contributed by atoms with Crippen molar-refractivity contribution >= 4 is 23.6 Å². The van der Waals surface area contributed by atoms with E-state index in [2.05, 4.69) is 17.4 Å². The van der Waals surface area contributed by atoms with Crippen molar-refractivity contribution in [2.24, 2.45) is 5.92 Å². The van der Waals surface area contributed by atoms with Gasteiger partial charge in [0.1, 0.15) is 5.76 Å². The molecular weight excluding hydrogens is 376 g/mol. The van der Waals surface area contributed by atoms with Crippen molar-refractivity contribution in [3.05, 3.63) is 47.3 Å². The van der Waals surface area contributed by atoms with E-state index >= 15 is 0 Å². The minimum atomic E-state index is -0.494. The molecule has 3 rings (SSSR count). The van der Waals surface area contributed by atoms with Gasteiger partial charge in [0.15, 0.2) is 6.61 Å². The molecule has 2 aromatic rings. The smallest absolute Gasteiger partial charge is 0.339 e. The van der Waals surface area contributed by atoms with Crippen molar-refractivity contribution in [2.45, 2.75) is 56.2 Å². The average Bonchev–Trinajstić information content (AvgIpc) is 3.12. The lowest BCUT2D eigenvalue weighted by atomic mass is 9.87. The number of aromatic nitrogens is 1. The molecule has 1 aliphatic carbocycles. The van der Waals surface area contributed by atoms with Gasteiger partial charge in [0.2, 0.25) is 0 Å². The van der Waals surface area contributed by atoms with Crippen LogP contribution in [0.5, 0.6) is 0 Å². The predicted molar refractivity (Wildman–Crippen MR) is 107 cm³/mol. The zero-order chi connectivity index (χ0) is 19.9. The molecule has 0 saturated heterocycles. The normalized spacial score (nSPS) is 19.2. The third-order valence-electron chi connectivity index (χ3n) is 4.87. The van der Waals surface area contributed by atoms with E-state index in [1.165, 1.54) is 11.8 Å². The number of nitrogens with zero attached hydrogens (tertiary/aromatic N) is 1. The van der Waals surface area contributed by atoms with Crippen LogP contribution in [-0.2, 0) is 15.3 Å². The quantitative estimate of drug-likeness (QED) is 0.554. The Labute approximate surface area is 169 Å². The van der Waals surface area contributed by atoms with Gasteiger partial charge in [0.25, 0.3) is 5.91 Å². The highest BCUT2D eigenvalue weighted by atomic mass is 32.2. The van der Waals surface area contributed by atoms with Gasteiger partial charge in [0.05, 0.1) is 11.3 Å². The van der Waals surface area contributed by atoms with E-state index < -0.39 is 5.97 Å². The van der Waals surface area contributed by atoms with Gasteiger partial charge >= 0.3 is 5.97 Å². The molecule has 0 radical (unpaired) electrons. The summed E-state index contributed by atoms with van der Waals surface area (Å²) in [7, 11) is 0. The first-order valence-electron chi connectivity index (χ1n) is 9.61. The maximum Gasteiger partial charge on any atom is 0.339 e. The van der Waals surface area contributed by atoms with Crippen LogP contribution in [0, 0.1) is 12.8 Å². The summed E-state index contributed by atoms with van der Waals surface area (Å²) in [5.74, 6) is 1.33. The molecule has 0 atom stereocenters. The van der Waals surface area contributed by atoms with Gasteiger partial charge in [-0.15, -0.1) is 11.8 Å². The van der Waals surface area contributed by atoms with E-state index in [1.54, 1.807) is 12.1 Å². The predicted octanol–water partition coefficient (Wildman–Crippen LogP) is 4.13. The van der Waals surface area contributed by atoms with E-state index in [-0.39, 0.29) is 18.6 Å². The van der Waals surface area contributed by atoms with Crippen LogP contribution < -0.4 is 5.32 Å². The lowest BCUT2D eigenvalue weighted by molar-refractivity contribution is -0.125. The van der Waals surface area contributed by atoms with Crippen LogP contribution in [0.4, 0.5) is 0 Å². The van der Waals surface area contributed by atoms with Crippen molar-refractivity contribution < 1.29 is 18.8 Å². The summed E-state index contributed by atoms with van der Waals surface area (Å²) < 4.78 is 10.3. The van der Waals surface area contributed by atoms with Crippen molar-refractivity contribution in [2.75, 3.05) is 6.61 Å². The summed E-state index contributed by atoms with van der Waals surface area (Å²) in [6.07, 6.45) is 4.23. The first-order chi connectivity index (χ1) is 13.5. The molecule has 1 aliphatic rings. The molecule has 1 heterocycles. The zero-order valence-electron chi connectivity index (χ0n) is 16.3. The number of thioether (sulfide) groups is 1. The number of rotatable bonds is 7. The van der Waals surface area contributed by atoms with Crippen molar-refractivity contribution in [1.82, 2.24) is 10.5 Å². The van der Waals surface area contributed by atoms with Crippen LogP contribution in [0.15, 0.2) is 39.8 Å². The van der Waals surface area contributed by atoms with Gasteiger partial charge in [-0.1, -0.05) is 24.2 Å². The molecule has 0 spiro atoms. The van der Waals surface area contributed by atoms with Gasteiger partial charge in [-0.25, -0.2) is 4.79 Å². The average molecular weight is 403 g/mol. The highest BCUT2D eigenvalue weighted by Crippen LogP contribution is 2.27. The van der Waals surface area contributed by atoms with Crippen LogP contribution >= 0.6 is 11.8 Å². The van der Waals surface area contributed by atoms with Gasteiger partial charge in [-0.2, -0.15) is 0 Å². The lowest BCUT2D eigenvalue weighted by Gasteiger charge is -2.26. The van der Waals surface area contributed by atoms with Gasteiger partial charge in [-0.05, 0) is 50.7 Å². The number of amides is 1. The summed E-state index contributed by atoms with van der Waals surface area (Å²) in [5, 5.41) is 6.93. The summed E-state index contributed by atoms with van der Waals surface area (Å²) in [6, 6.07) is 9.27. The van der Waals surface area contributed by atoms with E-state index in [9.17, 15) is 9.59 Å². The fraction of sp³-hybridized carbons (Fsp3) is 0.476. The molecule has 0 aliphatic heterocycles. The van der Waals surface area contributed by atoms with Gasteiger partial charge in [0, 0.05) is 22.8 Å². The second-order valence-corrected chi connectivity index (χ2v) is 8.33. The monoisotopic (exact) mass is 402 g/mol. The summed E-state index contributed by atoms with van der Waals surface area (Å²) in [4.78, 5) is 25.4. The molecule has 1 saturated carbocycles. The fourth-order valence-electron chi connectivity index (χ4n) is 3.28. The number of aryl methyl sites for hydroxylation is 1. The number of ether oxygens (including phenoxy) is 1. The second kappa shape index (κ2) is 9.78. The Morgan fingerprint density at radius 2 is 2.00 bits per heavy atom. The molecule has 0 bridgehead atoms. The molecule has 1 amide bonds. The topological polar surface area (TPSA) is 81.4 Å². The lowest BCUT2D eigenvalue weighted by Crippen LogP contribution is -2.39. The van der Waals surface area contributed by atoms with Crippen molar-refractivity contribution in [3.63, 3.8) is 0 Å². The number of hydrogen-bond donors (Lipinski definition) is 1. The maximum atomic E-state index is 12.5. The number of carbonyl (C=O) groups excluding carboxylic acids is 2. The molecular formula is C21H26N2O4S. The Hall–Kier alpha value is -2.28. The Morgan fingerprint density at radius 3 is 2.71 bits per heavy atom. The molecule has 150 valence electrons. The minimum Gasteiger partial charge on any atom is -0.452 e. The maximum absolute atomic E-state index is 12.5. The van der Waals surface area contributed by atoms with Gasteiger partial charge in [-0.3, -0.25) is 4.79 Å². The summed E-state index contributed by atoms with van der Waals surface area (Å²) >= 11 is 1.48. The number of hydrogen-bond acceptors (Lipinski definition) is 6. The van der Waals surface area contributed by atoms with E-state index in [1.807, 2.05) is 25.1 Å².